The van der Waals surface area contributed by atoms with Crippen LogP contribution >= 0.6 is 0 Å². The minimum absolute atomic E-state index is 0. The summed E-state index contributed by atoms with van der Waals surface area (Å²) in [5, 5.41) is 10.6. The molecule has 0 saturated heterocycles. The fraction of sp³-hybridized carbons (Fsp3) is 0.333. The molecule has 0 rings (SSSR count). The topological polar surface area (TPSA) is 110 Å². The van der Waals surface area contributed by atoms with Crippen LogP contribution in [0.25, 0.3) is 0 Å². The van der Waals surface area contributed by atoms with Crippen LogP contribution in [0.4, 0.5) is 0 Å². The summed E-state index contributed by atoms with van der Waals surface area (Å²) in [5.41, 5.74) is 0. The van der Waals surface area contributed by atoms with Crippen LogP contribution in [0, 0.1) is 0 Å². The van der Waals surface area contributed by atoms with Crippen molar-refractivity contribution in [1.82, 2.24) is 0 Å². The molecule has 76 valence electrons. The Morgan fingerprint density at radius 2 is 1.20 bits per heavy atom. The fourth-order valence-electron chi connectivity index (χ4n) is 0.365. The number of rotatable bonds is 4. The van der Waals surface area contributed by atoms with E-state index in [1.807, 2.05) is 0 Å². The van der Waals surface area contributed by atoms with Gasteiger partial charge < -0.3 is 14.3 Å². The molecule has 7 nitrogen and oxygen atoms in total. The molecule has 0 aromatic rings. The Balaban J connectivity index is 0. The largest absolute Gasteiger partial charge is 1.00 e. The van der Waals surface area contributed by atoms with Crippen molar-refractivity contribution in [2.45, 2.75) is 13.8 Å². The monoisotopic (exact) mass is 240 g/mol. The van der Waals surface area contributed by atoms with Crippen molar-refractivity contribution < 1.29 is 84.9 Å². The summed E-state index contributed by atoms with van der Waals surface area (Å²) in [6.07, 6.45) is 0. The van der Waals surface area contributed by atoms with Crippen molar-refractivity contribution in [1.29, 1.82) is 0 Å². The van der Waals surface area contributed by atoms with Crippen molar-refractivity contribution in [2.75, 3.05) is 0 Å². The predicted octanol–water partition coefficient (Wildman–Crippen LogP) is -5.40. The van der Waals surface area contributed by atoms with Crippen molar-refractivity contribution in [3.63, 3.8) is 0 Å². The Morgan fingerprint density at radius 1 is 0.933 bits per heavy atom. The second kappa shape index (κ2) is 8.14. The summed E-state index contributed by atoms with van der Waals surface area (Å²) in [4.78, 5) is 41.5. The first-order valence-corrected chi connectivity index (χ1v) is 3.43. The minimum Gasteiger partial charge on any atom is -0.808 e. The van der Waals surface area contributed by atoms with E-state index in [1.54, 1.807) is 0 Å². The van der Waals surface area contributed by atoms with Crippen LogP contribution in [0.15, 0.2) is 0 Å². The van der Waals surface area contributed by atoms with E-state index in [0.29, 0.717) is 0 Å². The van der Waals surface area contributed by atoms with Gasteiger partial charge in [-0.1, -0.05) is 0 Å². The molecule has 0 aromatic heterocycles. The maximum Gasteiger partial charge on any atom is 1.00 e. The van der Waals surface area contributed by atoms with Gasteiger partial charge in [-0.05, 0) is 0 Å². The van der Waals surface area contributed by atoms with E-state index < -0.39 is 30.8 Å². The van der Waals surface area contributed by atoms with Crippen molar-refractivity contribution in [2.24, 2.45) is 0 Å². The third-order valence-electron chi connectivity index (χ3n) is 0.981. The summed E-state index contributed by atoms with van der Waals surface area (Å²) in [6.45, 7) is 1.75. The van der Waals surface area contributed by atoms with Crippen LogP contribution in [0.5, 0.6) is 0 Å². The Hall–Kier alpha value is -0.0587. The summed E-state index contributed by atoms with van der Waals surface area (Å²) in [7, 11) is -2.50. The van der Waals surface area contributed by atoms with Gasteiger partial charge in [-0.25, -0.2) is 9.59 Å². The molecule has 9 heteroatoms. The van der Waals surface area contributed by atoms with Crippen LogP contribution in [0.3, 0.4) is 0 Å². The van der Waals surface area contributed by atoms with Crippen LogP contribution < -0.4 is 56.4 Å². The van der Waals surface area contributed by atoms with Gasteiger partial charge in [0.2, 0.25) is 11.6 Å². The number of hydrogen-bond donors (Lipinski definition) is 0. The normalized spacial score (nSPS) is 8.20. The summed E-state index contributed by atoms with van der Waals surface area (Å²) >= 11 is 0. The third kappa shape index (κ3) is 7.82. The Kier molecular flexibility index (Phi) is 9.40. The van der Waals surface area contributed by atoms with Gasteiger partial charge in [0.15, 0.2) is 0 Å². The number of ketones is 2. The Morgan fingerprint density at radius 3 is 1.40 bits per heavy atom. The molecule has 15 heavy (non-hydrogen) atoms. The average molecular weight is 240 g/mol. The van der Waals surface area contributed by atoms with Gasteiger partial charge in [0.1, 0.15) is 0 Å². The number of carbonyl (C=O) groups is 4. The van der Waals surface area contributed by atoms with Gasteiger partial charge in [0.05, 0.1) is 0 Å². The molecule has 0 spiro atoms. The zero-order valence-corrected chi connectivity index (χ0v) is 11.6. The average Bonchev–Trinajstić information content (AvgIpc) is 2.03. The van der Waals surface area contributed by atoms with E-state index in [4.69, 9.17) is 0 Å². The molecule has 0 fully saturated rings. The SMILES string of the molecule is CC(=O)C(=O)OB([O-])OC(=O)C(C)=O.[K+]. The molecule has 0 aromatic carbocycles. The van der Waals surface area contributed by atoms with E-state index in [2.05, 4.69) is 9.31 Å². The van der Waals surface area contributed by atoms with E-state index in [0.717, 1.165) is 13.8 Å². The first-order chi connectivity index (χ1) is 6.34. The molecule has 0 radical (unpaired) electrons. The number of hydrogen-bond acceptors (Lipinski definition) is 7. The van der Waals surface area contributed by atoms with Crippen LogP contribution in [0.1, 0.15) is 13.8 Å². The predicted molar refractivity (Wildman–Crippen MR) is 39.3 cm³/mol. The molecule has 0 aliphatic heterocycles. The quantitative estimate of drug-likeness (QED) is 0.356. The molecule has 0 atom stereocenters. The Labute approximate surface area is 128 Å². The standard InChI is InChI=1S/C6H6BO7.K/c1-3(8)5(10)13-7(12)14-6(11)4(2)9;/h1-2H3;/q-1;+1. The number of Topliss-reactive ketones (excluding diaryl/α,β-unsaturated/α-hetero) is 2. The molecule has 0 N–H and O–H groups in total. The molecular formula is C6H6BKO7. The zero-order chi connectivity index (χ0) is 11.3. The van der Waals surface area contributed by atoms with Gasteiger partial charge in [0, 0.05) is 13.8 Å². The molecule has 0 amide bonds. The van der Waals surface area contributed by atoms with Crippen LogP contribution in [0.2, 0.25) is 0 Å². The molecular weight excluding hydrogens is 234 g/mol. The molecule has 0 unspecified atom stereocenters. The molecule has 0 bridgehead atoms. The molecule has 0 aliphatic carbocycles. The molecule has 0 aliphatic rings. The van der Waals surface area contributed by atoms with Crippen molar-refractivity contribution >= 4 is 30.8 Å². The summed E-state index contributed by atoms with van der Waals surface area (Å²) < 4.78 is 7.59. The number of carbonyl (C=O) groups excluding carboxylic acids is 4. The van der Waals surface area contributed by atoms with Crippen LogP contribution in [-0.2, 0) is 28.5 Å². The second-order valence-corrected chi connectivity index (χ2v) is 2.21. The summed E-state index contributed by atoms with van der Waals surface area (Å²) in [6, 6.07) is 0. The van der Waals surface area contributed by atoms with E-state index in [1.165, 1.54) is 0 Å². The molecule has 0 saturated carbocycles. The van der Waals surface area contributed by atoms with Gasteiger partial charge >= 0.3 is 70.6 Å². The maximum absolute atomic E-state index is 10.6. The summed E-state index contributed by atoms with van der Waals surface area (Å²) in [5.74, 6) is -4.88. The smallest absolute Gasteiger partial charge is 0.808 e. The Bertz CT molecular complexity index is 261. The van der Waals surface area contributed by atoms with Gasteiger partial charge in [-0.15, -0.1) is 0 Å². The molecule has 0 heterocycles. The van der Waals surface area contributed by atoms with E-state index >= 15 is 0 Å². The fourth-order valence-corrected chi connectivity index (χ4v) is 0.365. The van der Waals surface area contributed by atoms with Gasteiger partial charge in [-0.2, -0.15) is 0 Å². The van der Waals surface area contributed by atoms with E-state index in [9.17, 15) is 24.2 Å². The third-order valence-corrected chi connectivity index (χ3v) is 0.981. The zero-order valence-electron chi connectivity index (χ0n) is 8.44. The first-order valence-electron chi connectivity index (χ1n) is 3.43. The van der Waals surface area contributed by atoms with Crippen LogP contribution in [-0.4, -0.2) is 30.8 Å². The van der Waals surface area contributed by atoms with Gasteiger partial charge in [0.25, 0.3) is 0 Å². The van der Waals surface area contributed by atoms with E-state index in [-0.39, 0.29) is 51.4 Å². The van der Waals surface area contributed by atoms with Gasteiger partial charge in [-0.3, -0.25) is 9.59 Å². The maximum atomic E-state index is 10.6. The van der Waals surface area contributed by atoms with Crippen molar-refractivity contribution in [3.8, 4) is 0 Å². The van der Waals surface area contributed by atoms with Crippen molar-refractivity contribution in [3.05, 3.63) is 0 Å². The first kappa shape index (κ1) is 17.3. The second-order valence-electron chi connectivity index (χ2n) is 2.21. The minimum atomic E-state index is -2.50.